The molecule has 0 radical (unpaired) electrons. The third-order valence-corrected chi connectivity index (χ3v) is 12.5. The van der Waals surface area contributed by atoms with Gasteiger partial charge in [-0.2, -0.15) is 0 Å². The summed E-state index contributed by atoms with van der Waals surface area (Å²) in [5.41, 5.74) is -4.45. The number of carbonyl (C=O) groups excluding carboxylic acids is 2. The Labute approximate surface area is 329 Å². The maximum atomic E-state index is 14.3. The van der Waals surface area contributed by atoms with Crippen molar-refractivity contribution in [1.29, 1.82) is 0 Å². The van der Waals surface area contributed by atoms with Crippen LogP contribution in [0.1, 0.15) is 102 Å². The summed E-state index contributed by atoms with van der Waals surface area (Å²) < 4.78 is 43.9. The largest absolute Gasteiger partial charge is 0.459 e. The van der Waals surface area contributed by atoms with E-state index in [0.717, 1.165) is 0 Å². The zero-order valence-corrected chi connectivity index (χ0v) is 36.1. The van der Waals surface area contributed by atoms with E-state index >= 15 is 0 Å². The molecule has 1 unspecified atom stereocenters. The van der Waals surface area contributed by atoms with Crippen molar-refractivity contribution in [1.82, 2.24) is 9.80 Å². The molecule has 0 aromatic heterocycles. The Morgan fingerprint density at radius 2 is 1.58 bits per heavy atom. The highest BCUT2D eigenvalue weighted by molar-refractivity contribution is 5.73. The van der Waals surface area contributed by atoms with Gasteiger partial charge in [-0.15, -0.1) is 0 Å². The molecule has 15 heteroatoms. The minimum absolute atomic E-state index is 0.115. The maximum absolute atomic E-state index is 14.3. The van der Waals surface area contributed by atoms with Crippen LogP contribution in [-0.2, 0) is 42.7 Å². The fourth-order valence-corrected chi connectivity index (χ4v) is 9.04. The van der Waals surface area contributed by atoms with Crippen LogP contribution < -0.4 is 0 Å². The molecule has 3 aliphatic heterocycles. The number of esters is 2. The van der Waals surface area contributed by atoms with Crippen molar-refractivity contribution in [3.05, 3.63) is 0 Å². The summed E-state index contributed by atoms with van der Waals surface area (Å²) in [5.74, 6) is -3.20. The Hall–Kier alpha value is -1.50. The normalized spacial score (nSPS) is 47.4. The number of methoxy groups -OCH3 is 1. The first-order valence-corrected chi connectivity index (χ1v) is 20.0. The van der Waals surface area contributed by atoms with E-state index in [0.29, 0.717) is 13.0 Å². The van der Waals surface area contributed by atoms with Crippen molar-refractivity contribution in [2.45, 2.75) is 192 Å². The van der Waals surface area contributed by atoms with Crippen LogP contribution in [0, 0.1) is 17.8 Å². The third kappa shape index (κ3) is 11.2. The van der Waals surface area contributed by atoms with Gasteiger partial charge in [-0.3, -0.25) is 9.59 Å². The lowest BCUT2D eigenvalue weighted by Gasteiger charge is -2.49. The fourth-order valence-electron chi connectivity index (χ4n) is 9.04. The SMILES string of the molecule is CC[C@H]1OC(=O)[C@H](C)[C@@H](O[C@H]2C[C@@](C)(OC)[C@@H](O)[C@H](C)O2)[C@H](C)[C@@H](OC2O[C@H](C)C[C@H](N(C)C)[C@H]2OC(C)=O)[C@](C)(O)C[C@@H](C)CN(C)[C@H](C)[C@@H](O)[C@]1(C)O. The van der Waals surface area contributed by atoms with Gasteiger partial charge in [0.05, 0.1) is 47.6 Å². The molecule has 55 heavy (non-hydrogen) atoms. The van der Waals surface area contributed by atoms with Crippen molar-refractivity contribution < 1.29 is 63.2 Å². The number of aliphatic hydroxyl groups is 4. The van der Waals surface area contributed by atoms with E-state index in [1.54, 1.807) is 41.5 Å². The Morgan fingerprint density at radius 3 is 2.13 bits per heavy atom. The lowest BCUT2D eigenvalue weighted by Crippen LogP contribution is -2.61. The molecular weight excluding hydrogens is 716 g/mol. The van der Waals surface area contributed by atoms with E-state index in [4.69, 9.17) is 33.2 Å². The van der Waals surface area contributed by atoms with E-state index in [1.807, 2.05) is 51.7 Å². The molecule has 0 saturated carbocycles. The maximum Gasteiger partial charge on any atom is 0.311 e. The van der Waals surface area contributed by atoms with E-state index < -0.39 is 102 Å². The summed E-state index contributed by atoms with van der Waals surface area (Å²) in [7, 11) is 7.12. The molecule has 3 saturated heterocycles. The zero-order valence-electron chi connectivity index (χ0n) is 36.1. The van der Waals surface area contributed by atoms with Gasteiger partial charge >= 0.3 is 11.9 Å². The molecule has 0 amide bonds. The topological polar surface area (TPSA) is 186 Å². The Morgan fingerprint density at radius 1 is 0.964 bits per heavy atom. The first-order valence-electron chi connectivity index (χ1n) is 20.0. The van der Waals surface area contributed by atoms with Gasteiger partial charge in [-0.25, -0.2) is 0 Å². The van der Waals surface area contributed by atoms with Crippen molar-refractivity contribution in [3.8, 4) is 0 Å². The van der Waals surface area contributed by atoms with Crippen LogP contribution in [0.2, 0.25) is 0 Å². The molecular formula is C40H74N2O13. The molecule has 322 valence electrons. The van der Waals surface area contributed by atoms with Gasteiger partial charge in [-0.1, -0.05) is 20.8 Å². The van der Waals surface area contributed by atoms with Gasteiger partial charge in [-0.05, 0) is 94.8 Å². The summed E-state index contributed by atoms with van der Waals surface area (Å²) in [5, 5.41) is 46.9. The molecule has 4 N–H and O–H groups in total. The van der Waals surface area contributed by atoms with Crippen LogP contribution in [0.4, 0.5) is 0 Å². The predicted molar refractivity (Wildman–Crippen MR) is 204 cm³/mol. The predicted octanol–water partition coefficient (Wildman–Crippen LogP) is 2.47. The second-order valence-electron chi connectivity index (χ2n) is 17.7. The number of rotatable bonds is 8. The summed E-state index contributed by atoms with van der Waals surface area (Å²) in [6.45, 7) is 19.3. The van der Waals surface area contributed by atoms with Crippen LogP contribution in [0.5, 0.6) is 0 Å². The quantitative estimate of drug-likeness (QED) is 0.263. The Kier molecular flexibility index (Phi) is 16.6. The van der Waals surface area contributed by atoms with Crippen LogP contribution in [-0.4, -0.2) is 167 Å². The minimum atomic E-state index is -1.82. The Bertz CT molecular complexity index is 1250. The van der Waals surface area contributed by atoms with Crippen LogP contribution in [0.25, 0.3) is 0 Å². The van der Waals surface area contributed by atoms with Gasteiger partial charge in [0.1, 0.15) is 23.9 Å². The fraction of sp³-hybridized carbons (Fsp3) is 0.950. The monoisotopic (exact) mass is 791 g/mol. The third-order valence-electron chi connectivity index (χ3n) is 12.5. The molecule has 18 atom stereocenters. The van der Waals surface area contributed by atoms with E-state index in [1.165, 1.54) is 21.0 Å². The highest BCUT2D eigenvalue weighted by atomic mass is 16.7. The molecule has 0 aliphatic carbocycles. The number of nitrogens with zero attached hydrogens (tertiary/aromatic N) is 2. The van der Waals surface area contributed by atoms with Crippen molar-refractivity contribution in [2.75, 3.05) is 34.8 Å². The average Bonchev–Trinajstić information content (AvgIpc) is 3.08. The van der Waals surface area contributed by atoms with Gasteiger partial charge in [0, 0.05) is 39.0 Å². The molecule has 0 spiro atoms. The molecule has 3 heterocycles. The lowest BCUT2D eigenvalue weighted by atomic mass is 9.77. The van der Waals surface area contributed by atoms with Crippen LogP contribution in [0.3, 0.4) is 0 Å². The molecule has 3 rings (SSSR count). The van der Waals surface area contributed by atoms with Gasteiger partial charge in [0.15, 0.2) is 18.7 Å². The molecule has 3 fully saturated rings. The summed E-state index contributed by atoms with van der Waals surface area (Å²) in [6, 6.07) is -0.823. The highest BCUT2D eigenvalue weighted by Crippen LogP contribution is 2.40. The van der Waals surface area contributed by atoms with Crippen LogP contribution in [0.15, 0.2) is 0 Å². The molecule has 0 aromatic rings. The average molecular weight is 791 g/mol. The Balaban J connectivity index is 2.23. The van der Waals surface area contributed by atoms with Crippen molar-refractivity contribution in [2.24, 2.45) is 17.8 Å². The van der Waals surface area contributed by atoms with Gasteiger partial charge in [0.2, 0.25) is 0 Å². The number of cyclic esters (lactones) is 1. The van der Waals surface area contributed by atoms with Gasteiger partial charge < -0.3 is 63.4 Å². The number of aliphatic hydroxyl groups excluding tert-OH is 2. The number of ether oxygens (including phenoxy) is 7. The van der Waals surface area contributed by atoms with E-state index in [-0.39, 0.29) is 37.3 Å². The molecule has 15 nitrogen and oxygen atoms in total. The molecule has 3 aliphatic rings. The minimum Gasteiger partial charge on any atom is -0.459 e. The smallest absolute Gasteiger partial charge is 0.311 e. The number of carbonyl (C=O) groups is 2. The number of hydrogen-bond donors (Lipinski definition) is 4. The first kappa shape index (κ1) is 47.9. The zero-order chi connectivity index (χ0) is 42.0. The summed E-state index contributed by atoms with van der Waals surface area (Å²) in [4.78, 5) is 30.7. The first-order chi connectivity index (χ1) is 25.3. The standard InChI is InChI=1S/C40H74N2O13/c1-16-29-40(11,48)33(44)25(6)42(14)20-21(2)18-38(9,47)35(55-37-32(52-27(8)43)28(41(12)13)17-22(3)50-37)23(4)31(24(5)36(46)53-29)54-30-19-39(10,49-15)34(45)26(7)51-30/h21-26,28-35,37,44-45,47-48H,16-20H2,1-15H3/t21-,22-,23+,24-,25-,26+,28+,29-,30+,31+,32-,33-,34+,35-,37?,38-,39-,40-/m1/s1. The second-order valence-corrected chi connectivity index (χ2v) is 17.7. The van der Waals surface area contributed by atoms with E-state index in [9.17, 15) is 30.0 Å². The van der Waals surface area contributed by atoms with Crippen molar-refractivity contribution >= 4 is 11.9 Å². The number of likely N-dealkylation sites (N-methyl/N-ethyl adjacent to an activating group) is 2. The van der Waals surface area contributed by atoms with Crippen LogP contribution >= 0.6 is 0 Å². The molecule has 0 aromatic carbocycles. The van der Waals surface area contributed by atoms with Gasteiger partial charge in [0.25, 0.3) is 0 Å². The van der Waals surface area contributed by atoms with E-state index in [2.05, 4.69) is 0 Å². The highest BCUT2D eigenvalue weighted by Gasteiger charge is 2.53. The molecule has 0 bridgehead atoms. The lowest BCUT2D eigenvalue weighted by molar-refractivity contribution is -0.318. The second kappa shape index (κ2) is 19.0. The summed E-state index contributed by atoms with van der Waals surface area (Å²) >= 11 is 0. The summed E-state index contributed by atoms with van der Waals surface area (Å²) in [6.07, 6.45) is -8.28. The number of hydrogen-bond acceptors (Lipinski definition) is 15. The van der Waals surface area contributed by atoms with Crippen molar-refractivity contribution in [3.63, 3.8) is 0 Å².